The Labute approximate surface area is 171 Å². The fourth-order valence-corrected chi connectivity index (χ4v) is 3.01. The van der Waals surface area contributed by atoms with Crippen LogP contribution in [-0.4, -0.2) is 34.0 Å². The summed E-state index contributed by atoms with van der Waals surface area (Å²) in [7, 11) is 1.64. The van der Waals surface area contributed by atoms with Crippen LogP contribution >= 0.6 is 15.9 Å². The zero-order valence-electron chi connectivity index (χ0n) is 15.8. The number of hydrazone groups is 1. The molecule has 0 radical (unpaired) electrons. The van der Waals surface area contributed by atoms with Crippen molar-refractivity contribution in [2.45, 2.75) is 20.4 Å². The summed E-state index contributed by atoms with van der Waals surface area (Å²) >= 11 is 3.55. The first kappa shape index (κ1) is 19.8. The van der Waals surface area contributed by atoms with E-state index in [1.165, 1.54) is 0 Å². The average Bonchev–Trinajstić information content (AvgIpc) is 2.95. The summed E-state index contributed by atoms with van der Waals surface area (Å²) in [5.74, 6) is 0.474. The van der Waals surface area contributed by atoms with Gasteiger partial charge in [0.15, 0.2) is 0 Å². The Morgan fingerprint density at radius 1 is 1.29 bits per heavy atom. The molecule has 28 heavy (non-hydrogen) atoms. The van der Waals surface area contributed by atoms with Crippen LogP contribution in [0.25, 0.3) is 0 Å². The summed E-state index contributed by atoms with van der Waals surface area (Å²) < 4.78 is 8.40. The van der Waals surface area contributed by atoms with Gasteiger partial charge in [0.1, 0.15) is 5.75 Å². The molecule has 144 valence electrons. The van der Waals surface area contributed by atoms with E-state index < -0.39 is 0 Å². The average molecular weight is 442 g/mol. The van der Waals surface area contributed by atoms with Crippen LogP contribution in [-0.2, 0) is 6.54 Å². The Bertz CT molecular complexity index is 1010. The second-order valence-corrected chi connectivity index (χ2v) is 6.94. The van der Waals surface area contributed by atoms with Crippen molar-refractivity contribution < 1.29 is 9.53 Å². The van der Waals surface area contributed by atoms with E-state index in [9.17, 15) is 4.79 Å². The van der Waals surface area contributed by atoms with Gasteiger partial charge < -0.3 is 4.74 Å². The molecular formula is C20H20BrN5O2. The van der Waals surface area contributed by atoms with Gasteiger partial charge in [0, 0.05) is 23.5 Å². The monoisotopic (exact) mass is 441 g/mol. The third-order valence-corrected chi connectivity index (χ3v) is 5.39. The molecule has 0 saturated heterocycles. The Balaban J connectivity index is 1.77. The Morgan fingerprint density at radius 3 is 2.68 bits per heavy atom. The third-order valence-electron chi connectivity index (χ3n) is 4.24. The maximum Gasteiger partial charge on any atom is 0.271 e. The molecule has 3 aromatic rings. The molecule has 7 nitrogen and oxygen atoms in total. The minimum Gasteiger partial charge on any atom is -0.496 e. The number of benzene rings is 1. The molecule has 0 fully saturated rings. The number of amides is 1. The topological polar surface area (TPSA) is 81.4 Å². The lowest BCUT2D eigenvalue weighted by molar-refractivity contribution is 0.0955. The van der Waals surface area contributed by atoms with Gasteiger partial charge in [-0.3, -0.25) is 14.5 Å². The minimum atomic E-state index is -0.292. The lowest BCUT2D eigenvalue weighted by Gasteiger charge is -2.11. The maximum atomic E-state index is 12.0. The molecule has 1 aromatic carbocycles. The van der Waals surface area contributed by atoms with Crippen molar-refractivity contribution in [2.75, 3.05) is 7.11 Å². The Kier molecular flexibility index (Phi) is 6.20. The number of methoxy groups -OCH3 is 1. The quantitative estimate of drug-likeness (QED) is 0.468. The standard InChI is InChI=1S/C20H20BrN5O2/c1-13-19(21)14(2)26(25-13)12-17-10-15(4-5-18(17)28-3)11-23-24-20(27)16-6-8-22-9-7-16/h4-11H,12H2,1-3H3,(H,24,27)/b23-11+. The number of ether oxygens (including phenoxy) is 1. The van der Waals surface area contributed by atoms with Gasteiger partial charge in [-0.05, 0) is 65.7 Å². The fraction of sp³-hybridized carbons (Fsp3) is 0.200. The minimum absolute atomic E-state index is 0.292. The van der Waals surface area contributed by atoms with Gasteiger partial charge in [0.2, 0.25) is 0 Å². The molecule has 0 aliphatic carbocycles. The number of pyridine rings is 1. The molecule has 1 amide bonds. The molecule has 0 atom stereocenters. The predicted octanol–water partition coefficient (Wildman–Crippen LogP) is 3.48. The van der Waals surface area contributed by atoms with Crippen LogP contribution in [0.2, 0.25) is 0 Å². The van der Waals surface area contributed by atoms with Crippen LogP contribution in [0.3, 0.4) is 0 Å². The van der Waals surface area contributed by atoms with Gasteiger partial charge in [-0.1, -0.05) is 0 Å². The lowest BCUT2D eigenvalue weighted by Crippen LogP contribution is -2.17. The van der Waals surface area contributed by atoms with E-state index in [2.05, 4.69) is 36.5 Å². The molecule has 2 heterocycles. The number of aromatic nitrogens is 3. The lowest BCUT2D eigenvalue weighted by atomic mass is 10.1. The highest BCUT2D eigenvalue weighted by Crippen LogP contribution is 2.24. The molecule has 0 saturated carbocycles. The van der Waals surface area contributed by atoms with Gasteiger partial charge >= 0.3 is 0 Å². The van der Waals surface area contributed by atoms with Gasteiger partial charge in [0.05, 0.1) is 35.7 Å². The first-order valence-electron chi connectivity index (χ1n) is 8.59. The summed E-state index contributed by atoms with van der Waals surface area (Å²) in [5, 5.41) is 8.59. The normalized spacial score (nSPS) is 11.0. The van der Waals surface area contributed by atoms with Gasteiger partial charge in [-0.25, -0.2) is 5.43 Å². The zero-order chi connectivity index (χ0) is 20.1. The van der Waals surface area contributed by atoms with Crippen molar-refractivity contribution in [3.8, 4) is 5.75 Å². The van der Waals surface area contributed by atoms with Gasteiger partial charge in [0.25, 0.3) is 5.91 Å². The first-order chi connectivity index (χ1) is 13.5. The van der Waals surface area contributed by atoms with E-state index in [1.54, 1.807) is 37.9 Å². The zero-order valence-corrected chi connectivity index (χ0v) is 17.4. The highest BCUT2D eigenvalue weighted by atomic mass is 79.9. The number of carbonyl (C=O) groups is 1. The maximum absolute atomic E-state index is 12.0. The van der Waals surface area contributed by atoms with Crippen LogP contribution in [0, 0.1) is 13.8 Å². The van der Waals surface area contributed by atoms with E-state index in [1.807, 2.05) is 36.7 Å². The smallest absolute Gasteiger partial charge is 0.271 e. The molecule has 3 rings (SSSR count). The number of nitrogens with zero attached hydrogens (tertiary/aromatic N) is 4. The van der Waals surface area contributed by atoms with Crippen LogP contribution < -0.4 is 10.2 Å². The van der Waals surface area contributed by atoms with Crippen LogP contribution in [0.5, 0.6) is 5.75 Å². The third kappa shape index (κ3) is 4.45. The van der Waals surface area contributed by atoms with Crippen LogP contribution in [0.4, 0.5) is 0 Å². The predicted molar refractivity (Wildman–Crippen MR) is 111 cm³/mol. The van der Waals surface area contributed by atoms with Crippen LogP contribution in [0.15, 0.2) is 52.3 Å². The van der Waals surface area contributed by atoms with E-state index >= 15 is 0 Å². The second kappa shape index (κ2) is 8.79. The van der Waals surface area contributed by atoms with Crippen LogP contribution in [0.1, 0.15) is 32.9 Å². The van der Waals surface area contributed by atoms with E-state index in [0.717, 1.165) is 32.7 Å². The molecule has 2 aromatic heterocycles. The van der Waals surface area contributed by atoms with E-state index in [4.69, 9.17) is 4.74 Å². The number of rotatable bonds is 6. The molecule has 0 spiro atoms. The molecule has 0 aliphatic rings. The number of hydrogen-bond acceptors (Lipinski definition) is 5. The molecule has 8 heteroatoms. The van der Waals surface area contributed by atoms with E-state index in [0.29, 0.717) is 12.1 Å². The molecule has 0 bridgehead atoms. The Hall–Kier alpha value is -3.00. The summed E-state index contributed by atoms with van der Waals surface area (Å²) in [6.07, 6.45) is 4.72. The SMILES string of the molecule is COc1ccc(/C=N/NC(=O)c2ccncc2)cc1Cn1nc(C)c(Br)c1C. The molecule has 0 unspecified atom stereocenters. The molecule has 1 N–H and O–H groups in total. The van der Waals surface area contributed by atoms with Crippen molar-refractivity contribution in [3.05, 3.63) is 75.3 Å². The first-order valence-corrected chi connectivity index (χ1v) is 9.38. The number of carbonyl (C=O) groups excluding carboxylic acids is 1. The van der Waals surface area contributed by atoms with Crippen molar-refractivity contribution >= 4 is 28.1 Å². The van der Waals surface area contributed by atoms with Crippen molar-refractivity contribution in [1.82, 2.24) is 20.2 Å². The summed E-state index contributed by atoms with van der Waals surface area (Å²) in [6.45, 7) is 4.53. The fourth-order valence-electron chi connectivity index (χ4n) is 2.73. The Morgan fingerprint density at radius 2 is 2.04 bits per heavy atom. The summed E-state index contributed by atoms with van der Waals surface area (Å²) in [5.41, 5.74) is 6.80. The second-order valence-electron chi connectivity index (χ2n) is 6.15. The highest BCUT2D eigenvalue weighted by molar-refractivity contribution is 9.10. The number of halogens is 1. The van der Waals surface area contributed by atoms with Crippen molar-refractivity contribution in [1.29, 1.82) is 0 Å². The molecule has 0 aliphatic heterocycles. The number of aryl methyl sites for hydroxylation is 1. The molecular weight excluding hydrogens is 422 g/mol. The number of nitrogens with one attached hydrogen (secondary N) is 1. The highest BCUT2D eigenvalue weighted by Gasteiger charge is 2.12. The van der Waals surface area contributed by atoms with Gasteiger partial charge in [-0.15, -0.1) is 0 Å². The van der Waals surface area contributed by atoms with Crippen molar-refractivity contribution in [2.24, 2.45) is 5.10 Å². The summed E-state index contributed by atoms with van der Waals surface area (Å²) in [4.78, 5) is 15.9. The van der Waals surface area contributed by atoms with Crippen molar-refractivity contribution in [3.63, 3.8) is 0 Å². The largest absolute Gasteiger partial charge is 0.496 e. The summed E-state index contributed by atoms with van der Waals surface area (Å²) in [6, 6.07) is 8.97. The van der Waals surface area contributed by atoms with Gasteiger partial charge in [-0.2, -0.15) is 10.2 Å². The van der Waals surface area contributed by atoms with E-state index in [-0.39, 0.29) is 5.91 Å². The number of hydrogen-bond donors (Lipinski definition) is 1.